The summed E-state index contributed by atoms with van der Waals surface area (Å²) in [6.45, 7) is 6.97. The molecule has 0 atom stereocenters. The van der Waals surface area contributed by atoms with Gasteiger partial charge in [-0.05, 0) is 90.9 Å². The van der Waals surface area contributed by atoms with Gasteiger partial charge in [-0.2, -0.15) is 5.10 Å². The molecule has 0 unspecified atom stereocenters. The zero-order valence-electron chi connectivity index (χ0n) is 25.5. The van der Waals surface area contributed by atoms with Crippen LogP contribution < -0.4 is 21.3 Å². The number of carbonyl (C=O) groups is 2. The van der Waals surface area contributed by atoms with E-state index in [9.17, 15) is 14.0 Å². The first kappa shape index (κ1) is 31.7. The minimum absolute atomic E-state index is 0.00849. The molecule has 0 aromatic carbocycles. The van der Waals surface area contributed by atoms with Crippen molar-refractivity contribution < 1.29 is 18.7 Å². The van der Waals surface area contributed by atoms with Gasteiger partial charge in [-0.3, -0.25) is 9.48 Å². The Labute approximate surface area is 248 Å². The zero-order valence-corrected chi connectivity index (χ0v) is 25.5. The fourth-order valence-electron chi connectivity index (χ4n) is 5.21. The number of halogens is 1. The summed E-state index contributed by atoms with van der Waals surface area (Å²) in [5, 5.41) is 16.8. The largest absolute Gasteiger partial charge is 0.444 e. The SMILES string of the molecule is Cn1ncc(-c2nc(NC3CCC(NCC(=O)NCCCCCNC(=O)OC(C)(C)C)CC3)ncc2F)c1CC1CC1. The zero-order chi connectivity index (χ0) is 30.1. The van der Waals surface area contributed by atoms with Crippen LogP contribution in [0.5, 0.6) is 0 Å². The maximum Gasteiger partial charge on any atom is 0.407 e. The summed E-state index contributed by atoms with van der Waals surface area (Å²) in [6, 6.07) is 0.470. The Kier molecular flexibility index (Phi) is 11.1. The molecule has 4 rings (SSSR count). The smallest absolute Gasteiger partial charge is 0.407 e. The third kappa shape index (κ3) is 10.2. The topological polar surface area (TPSA) is 135 Å². The third-order valence-corrected chi connectivity index (χ3v) is 7.70. The number of aryl methyl sites for hydroxylation is 1. The summed E-state index contributed by atoms with van der Waals surface area (Å²) in [6.07, 6.45) is 12.1. The minimum atomic E-state index is -0.498. The Morgan fingerprint density at radius 1 is 1.00 bits per heavy atom. The second-order valence-corrected chi connectivity index (χ2v) is 12.6. The first-order chi connectivity index (χ1) is 20.1. The third-order valence-electron chi connectivity index (χ3n) is 7.70. The Morgan fingerprint density at radius 3 is 2.38 bits per heavy atom. The Hall–Kier alpha value is -3.28. The molecule has 0 bridgehead atoms. The predicted octanol–water partition coefficient (Wildman–Crippen LogP) is 4.09. The Morgan fingerprint density at radius 2 is 1.69 bits per heavy atom. The van der Waals surface area contributed by atoms with Gasteiger partial charge in [0.2, 0.25) is 11.9 Å². The highest BCUT2D eigenvalue weighted by Gasteiger charge is 2.27. The highest BCUT2D eigenvalue weighted by molar-refractivity contribution is 5.78. The molecule has 42 heavy (non-hydrogen) atoms. The summed E-state index contributed by atoms with van der Waals surface area (Å²) < 4.78 is 21.8. The number of carbonyl (C=O) groups excluding carboxylic acids is 2. The van der Waals surface area contributed by atoms with Crippen LogP contribution in [0.15, 0.2) is 12.4 Å². The van der Waals surface area contributed by atoms with Crippen LogP contribution in [0.2, 0.25) is 0 Å². The van der Waals surface area contributed by atoms with Gasteiger partial charge in [0.15, 0.2) is 5.82 Å². The van der Waals surface area contributed by atoms with Crippen molar-refractivity contribution in [1.82, 2.24) is 35.7 Å². The number of nitrogens with one attached hydrogen (secondary N) is 4. The van der Waals surface area contributed by atoms with E-state index in [1.54, 1.807) is 6.20 Å². The van der Waals surface area contributed by atoms with Gasteiger partial charge in [0.25, 0.3) is 0 Å². The van der Waals surface area contributed by atoms with Crippen molar-refractivity contribution in [2.45, 2.75) is 103 Å². The molecule has 232 valence electrons. The van der Waals surface area contributed by atoms with Crippen LogP contribution >= 0.6 is 0 Å². The van der Waals surface area contributed by atoms with Crippen molar-refractivity contribution in [1.29, 1.82) is 0 Å². The van der Waals surface area contributed by atoms with Crippen LogP contribution in [0, 0.1) is 11.7 Å². The van der Waals surface area contributed by atoms with E-state index in [0.29, 0.717) is 37.2 Å². The van der Waals surface area contributed by atoms with E-state index in [1.807, 2.05) is 32.5 Å². The molecule has 2 aromatic heterocycles. The number of alkyl carbamates (subject to hydrolysis) is 1. The molecule has 11 nitrogen and oxygen atoms in total. The van der Waals surface area contributed by atoms with Crippen LogP contribution in [-0.2, 0) is 23.0 Å². The second kappa shape index (κ2) is 14.8. The lowest BCUT2D eigenvalue weighted by Crippen LogP contribution is -2.42. The van der Waals surface area contributed by atoms with Gasteiger partial charge in [0.05, 0.1) is 18.9 Å². The number of hydrogen-bond acceptors (Lipinski definition) is 8. The van der Waals surface area contributed by atoms with Crippen LogP contribution in [0.1, 0.15) is 84.3 Å². The molecule has 2 aromatic rings. The maximum absolute atomic E-state index is 14.7. The van der Waals surface area contributed by atoms with Crippen LogP contribution in [0.3, 0.4) is 0 Å². The summed E-state index contributed by atoms with van der Waals surface area (Å²) >= 11 is 0. The van der Waals surface area contributed by atoms with Crippen molar-refractivity contribution in [3.63, 3.8) is 0 Å². The normalized spacial score (nSPS) is 18.9. The molecule has 2 saturated carbocycles. The quantitative estimate of drug-likeness (QED) is 0.243. The molecule has 0 spiro atoms. The first-order valence-corrected chi connectivity index (χ1v) is 15.3. The molecule has 2 heterocycles. The lowest BCUT2D eigenvalue weighted by Gasteiger charge is -2.29. The molecule has 0 saturated heterocycles. The van der Waals surface area contributed by atoms with E-state index in [4.69, 9.17) is 4.74 Å². The summed E-state index contributed by atoms with van der Waals surface area (Å²) in [5.41, 5.74) is 1.57. The van der Waals surface area contributed by atoms with E-state index in [1.165, 1.54) is 19.0 Å². The highest BCUT2D eigenvalue weighted by Crippen LogP contribution is 2.36. The van der Waals surface area contributed by atoms with E-state index < -0.39 is 17.5 Å². The van der Waals surface area contributed by atoms with Gasteiger partial charge in [-0.15, -0.1) is 0 Å². The minimum Gasteiger partial charge on any atom is -0.444 e. The van der Waals surface area contributed by atoms with Crippen LogP contribution in [-0.4, -0.2) is 69.1 Å². The van der Waals surface area contributed by atoms with Crippen LogP contribution in [0.4, 0.5) is 15.1 Å². The second-order valence-electron chi connectivity index (χ2n) is 12.6. The van der Waals surface area contributed by atoms with E-state index in [-0.39, 0.29) is 18.0 Å². The molecule has 12 heteroatoms. The predicted molar refractivity (Wildman–Crippen MR) is 159 cm³/mol. The number of amides is 2. The van der Waals surface area contributed by atoms with Gasteiger partial charge < -0.3 is 26.0 Å². The standard InChI is InChI=1S/C30H47FN8O3/c1-30(2,3)42-29(41)33-15-7-5-6-14-32-26(40)19-34-21-10-12-22(13-11-21)37-28-35-18-24(31)27(38-28)23-17-36-39(4)25(23)16-20-8-9-20/h17-18,20-22,34H,5-16,19H2,1-4H3,(H,32,40)(H,33,41)(H,35,37,38). The van der Waals surface area contributed by atoms with E-state index >= 15 is 0 Å². The van der Waals surface area contributed by atoms with Gasteiger partial charge in [0, 0.05) is 43.5 Å². The lowest BCUT2D eigenvalue weighted by atomic mass is 9.91. The molecule has 2 aliphatic rings. The molecule has 0 radical (unpaired) electrons. The summed E-state index contributed by atoms with van der Waals surface area (Å²) in [5.74, 6) is 0.643. The number of anilines is 1. The van der Waals surface area contributed by atoms with Gasteiger partial charge in [-0.1, -0.05) is 0 Å². The Balaban J connectivity index is 1.10. The average Bonchev–Trinajstić information content (AvgIpc) is 3.69. The number of hydrogen-bond donors (Lipinski definition) is 4. The molecule has 4 N–H and O–H groups in total. The monoisotopic (exact) mass is 586 g/mol. The average molecular weight is 587 g/mol. The fraction of sp³-hybridized carbons (Fsp3) is 0.700. The number of unbranched alkanes of at least 4 members (excludes halogenated alkanes) is 2. The lowest BCUT2D eigenvalue weighted by molar-refractivity contribution is -0.120. The van der Waals surface area contributed by atoms with E-state index in [2.05, 4.69) is 36.3 Å². The van der Waals surface area contributed by atoms with Crippen molar-refractivity contribution >= 4 is 17.9 Å². The molecule has 2 fully saturated rings. The highest BCUT2D eigenvalue weighted by atomic mass is 19.1. The molecule has 2 amide bonds. The number of aromatic nitrogens is 4. The van der Waals surface area contributed by atoms with Crippen molar-refractivity contribution in [3.05, 3.63) is 23.9 Å². The van der Waals surface area contributed by atoms with Gasteiger partial charge >= 0.3 is 6.09 Å². The van der Waals surface area contributed by atoms with Crippen LogP contribution in [0.25, 0.3) is 11.3 Å². The molecular formula is C30H47FN8O3. The van der Waals surface area contributed by atoms with Crippen molar-refractivity contribution in [3.8, 4) is 11.3 Å². The fourth-order valence-corrected chi connectivity index (χ4v) is 5.21. The number of rotatable bonds is 14. The van der Waals surface area contributed by atoms with E-state index in [0.717, 1.165) is 62.6 Å². The van der Waals surface area contributed by atoms with Crippen molar-refractivity contribution in [2.75, 3.05) is 25.0 Å². The summed E-state index contributed by atoms with van der Waals surface area (Å²) in [7, 11) is 1.90. The first-order valence-electron chi connectivity index (χ1n) is 15.3. The molecule has 0 aliphatic heterocycles. The Bertz CT molecular complexity index is 1190. The summed E-state index contributed by atoms with van der Waals surface area (Å²) in [4.78, 5) is 32.6. The van der Waals surface area contributed by atoms with Gasteiger partial charge in [0.1, 0.15) is 11.3 Å². The maximum atomic E-state index is 14.7. The number of nitrogens with zero attached hydrogens (tertiary/aromatic N) is 4. The molecule has 2 aliphatic carbocycles. The van der Waals surface area contributed by atoms with Gasteiger partial charge in [-0.25, -0.2) is 19.2 Å². The number of ether oxygens (including phenoxy) is 1. The molecular weight excluding hydrogens is 539 g/mol. The van der Waals surface area contributed by atoms with Crippen molar-refractivity contribution in [2.24, 2.45) is 13.0 Å².